The van der Waals surface area contributed by atoms with Crippen molar-refractivity contribution in [1.82, 2.24) is 10.2 Å². The quantitative estimate of drug-likeness (QED) is 0.715. The third-order valence-electron chi connectivity index (χ3n) is 4.92. The first-order valence-corrected chi connectivity index (χ1v) is 10.2. The van der Waals surface area contributed by atoms with Crippen LogP contribution in [-0.2, 0) is 4.74 Å². The fourth-order valence-electron chi connectivity index (χ4n) is 3.43. The summed E-state index contributed by atoms with van der Waals surface area (Å²) in [5, 5.41) is 5.46. The lowest BCUT2D eigenvalue weighted by Gasteiger charge is -2.34. The van der Waals surface area contributed by atoms with E-state index in [-0.39, 0.29) is 23.1 Å². The molecule has 4 rings (SSSR count). The van der Waals surface area contributed by atoms with Crippen LogP contribution in [0.1, 0.15) is 27.0 Å². The molecular formula is C21H22N2O4S. The zero-order chi connectivity index (χ0) is 19.5. The summed E-state index contributed by atoms with van der Waals surface area (Å²) in [6.45, 7) is 5.38. The molecule has 1 N–H and O–H groups in total. The number of aryl methyl sites for hydroxylation is 1. The van der Waals surface area contributed by atoms with Crippen LogP contribution in [0.3, 0.4) is 0 Å². The van der Waals surface area contributed by atoms with Crippen LogP contribution in [0.4, 0.5) is 0 Å². The Bertz CT molecular complexity index is 1020. The molecule has 0 bridgehead atoms. The third-order valence-corrected chi connectivity index (χ3v) is 5.90. The van der Waals surface area contributed by atoms with Gasteiger partial charge in [0.2, 0.25) is 0 Å². The first-order valence-electron chi connectivity index (χ1n) is 9.30. The summed E-state index contributed by atoms with van der Waals surface area (Å²) in [6, 6.07) is 10.8. The topological polar surface area (TPSA) is 71.8 Å². The number of rotatable bonds is 5. The molecule has 28 heavy (non-hydrogen) atoms. The molecule has 1 unspecified atom stereocenters. The normalized spacial score (nSPS) is 16.2. The van der Waals surface area contributed by atoms with Gasteiger partial charge in [0.05, 0.1) is 24.6 Å². The van der Waals surface area contributed by atoms with E-state index < -0.39 is 0 Å². The van der Waals surface area contributed by atoms with Gasteiger partial charge in [0.1, 0.15) is 5.58 Å². The van der Waals surface area contributed by atoms with E-state index in [1.165, 1.54) is 10.9 Å². The number of carbonyl (C=O) groups excluding carboxylic acids is 1. The van der Waals surface area contributed by atoms with Crippen LogP contribution >= 0.6 is 11.3 Å². The molecule has 0 radical (unpaired) electrons. The van der Waals surface area contributed by atoms with Gasteiger partial charge in [-0.3, -0.25) is 14.5 Å². The van der Waals surface area contributed by atoms with Crippen LogP contribution < -0.4 is 10.7 Å². The number of carbonyl (C=O) groups is 1. The Morgan fingerprint density at radius 2 is 2.07 bits per heavy atom. The summed E-state index contributed by atoms with van der Waals surface area (Å²) in [6.07, 6.45) is 0. The summed E-state index contributed by atoms with van der Waals surface area (Å²) in [7, 11) is 0. The number of hydrogen-bond donors (Lipinski definition) is 1. The standard InChI is InChI=1S/C21H22N2O4S/c1-14-4-5-15-17(24)12-19(27-18(15)11-14)21(25)22-13-16(20-3-2-10-28-20)23-6-8-26-9-7-23/h2-5,10-12,16H,6-9,13H2,1H3,(H,22,25). The monoisotopic (exact) mass is 398 g/mol. The maximum absolute atomic E-state index is 12.7. The van der Waals surface area contributed by atoms with Crippen molar-refractivity contribution < 1.29 is 13.9 Å². The van der Waals surface area contributed by atoms with Crippen LogP contribution in [0.2, 0.25) is 0 Å². The maximum atomic E-state index is 12.7. The number of fused-ring (bicyclic) bond motifs is 1. The molecule has 3 aromatic rings. The maximum Gasteiger partial charge on any atom is 0.287 e. The Hall–Kier alpha value is -2.48. The number of benzene rings is 1. The molecule has 1 aliphatic heterocycles. The largest absolute Gasteiger partial charge is 0.451 e. The van der Waals surface area contributed by atoms with Crippen molar-refractivity contribution >= 4 is 28.2 Å². The Balaban J connectivity index is 1.53. The zero-order valence-corrected chi connectivity index (χ0v) is 16.5. The lowest BCUT2D eigenvalue weighted by molar-refractivity contribution is 0.0168. The first-order chi connectivity index (χ1) is 13.6. The molecule has 2 aromatic heterocycles. The minimum atomic E-state index is -0.379. The van der Waals surface area contributed by atoms with Gasteiger partial charge in [-0.2, -0.15) is 0 Å². The lowest BCUT2D eigenvalue weighted by atomic mass is 10.1. The number of morpholine rings is 1. The lowest BCUT2D eigenvalue weighted by Crippen LogP contribution is -2.43. The molecule has 1 aliphatic rings. The molecule has 146 valence electrons. The van der Waals surface area contributed by atoms with Crippen molar-refractivity contribution in [2.45, 2.75) is 13.0 Å². The average Bonchev–Trinajstić information content (AvgIpc) is 3.23. The average molecular weight is 398 g/mol. The molecule has 1 fully saturated rings. The number of amides is 1. The fraction of sp³-hybridized carbons (Fsp3) is 0.333. The minimum absolute atomic E-state index is 0.0370. The van der Waals surface area contributed by atoms with Gasteiger partial charge in [0.25, 0.3) is 5.91 Å². The summed E-state index contributed by atoms with van der Waals surface area (Å²) >= 11 is 1.67. The Kier molecular flexibility index (Phi) is 5.57. The number of nitrogens with one attached hydrogen (secondary N) is 1. The van der Waals surface area contributed by atoms with Crippen LogP contribution in [-0.4, -0.2) is 43.7 Å². The molecule has 0 aliphatic carbocycles. The van der Waals surface area contributed by atoms with Crippen LogP contribution in [0.25, 0.3) is 11.0 Å². The Morgan fingerprint density at radius 1 is 1.25 bits per heavy atom. The summed E-state index contributed by atoms with van der Waals surface area (Å²) in [4.78, 5) is 28.5. The molecule has 0 spiro atoms. The number of thiophene rings is 1. The van der Waals surface area contributed by atoms with Crippen LogP contribution in [0.15, 0.2) is 51.0 Å². The Labute approximate surface area is 166 Å². The minimum Gasteiger partial charge on any atom is -0.451 e. The van der Waals surface area contributed by atoms with E-state index in [0.29, 0.717) is 30.7 Å². The van der Waals surface area contributed by atoms with Gasteiger partial charge in [-0.15, -0.1) is 11.3 Å². The van der Waals surface area contributed by atoms with Crippen molar-refractivity contribution in [3.8, 4) is 0 Å². The molecule has 1 atom stereocenters. The number of hydrogen-bond acceptors (Lipinski definition) is 6. The van der Waals surface area contributed by atoms with E-state index in [0.717, 1.165) is 18.7 Å². The van der Waals surface area contributed by atoms with Gasteiger partial charge in [0, 0.05) is 30.6 Å². The summed E-state index contributed by atoms with van der Waals surface area (Å²) < 4.78 is 11.2. The molecule has 1 aromatic carbocycles. The Morgan fingerprint density at radius 3 is 2.82 bits per heavy atom. The van der Waals surface area contributed by atoms with E-state index in [2.05, 4.69) is 16.3 Å². The van der Waals surface area contributed by atoms with Gasteiger partial charge < -0.3 is 14.5 Å². The highest BCUT2D eigenvalue weighted by molar-refractivity contribution is 7.10. The number of nitrogens with zero attached hydrogens (tertiary/aromatic N) is 1. The van der Waals surface area contributed by atoms with Crippen molar-refractivity contribution in [1.29, 1.82) is 0 Å². The SMILES string of the molecule is Cc1ccc2c(=O)cc(C(=O)NCC(c3cccs3)N3CCOCC3)oc2c1. The van der Waals surface area contributed by atoms with Gasteiger partial charge in [-0.05, 0) is 36.1 Å². The van der Waals surface area contributed by atoms with Crippen LogP contribution in [0.5, 0.6) is 0 Å². The van der Waals surface area contributed by atoms with Gasteiger partial charge in [0.15, 0.2) is 11.2 Å². The van der Waals surface area contributed by atoms with Gasteiger partial charge in [-0.1, -0.05) is 12.1 Å². The zero-order valence-electron chi connectivity index (χ0n) is 15.6. The smallest absolute Gasteiger partial charge is 0.287 e. The summed E-state index contributed by atoms with van der Waals surface area (Å²) in [5.74, 6) is -0.342. The van der Waals surface area contributed by atoms with Gasteiger partial charge >= 0.3 is 0 Å². The predicted molar refractivity (Wildman–Crippen MR) is 109 cm³/mol. The number of ether oxygens (including phenoxy) is 1. The second-order valence-electron chi connectivity index (χ2n) is 6.86. The highest BCUT2D eigenvalue weighted by Crippen LogP contribution is 2.25. The van der Waals surface area contributed by atoms with E-state index in [4.69, 9.17) is 9.15 Å². The van der Waals surface area contributed by atoms with E-state index in [9.17, 15) is 9.59 Å². The molecule has 0 saturated carbocycles. The van der Waals surface area contributed by atoms with Crippen molar-refractivity contribution in [2.24, 2.45) is 0 Å². The molecule has 6 nitrogen and oxygen atoms in total. The third kappa shape index (κ3) is 4.01. The van der Waals surface area contributed by atoms with Crippen LogP contribution in [0, 0.1) is 6.92 Å². The predicted octanol–water partition coefficient (Wildman–Crippen LogP) is 2.97. The van der Waals surface area contributed by atoms with E-state index in [1.54, 1.807) is 23.5 Å². The van der Waals surface area contributed by atoms with Crippen molar-refractivity contribution in [3.05, 3.63) is 68.2 Å². The van der Waals surface area contributed by atoms with E-state index >= 15 is 0 Å². The molecule has 3 heterocycles. The molecule has 1 saturated heterocycles. The fourth-order valence-corrected chi connectivity index (χ4v) is 4.29. The van der Waals surface area contributed by atoms with E-state index in [1.807, 2.05) is 24.4 Å². The molecule has 7 heteroatoms. The van der Waals surface area contributed by atoms with Crippen molar-refractivity contribution in [3.63, 3.8) is 0 Å². The second-order valence-corrected chi connectivity index (χ2v) is 7.84. The first kappa shape index (κ1) is 18.9. The van der Waals surface area contributed by atoms with Crippen molar-refractivity contribution in [2.75, 3.05) is 32.8 Å². The van der Waals surface area contributed by atoms with Gasteiger partial charge in [-0.25, -0.2) is 0 Å². The highest BCUT2D eigenvalue weighted by Gasteiger charge is 2.24. The molecular weight excluding hydrogens is 376 g/mol. The molecule has 1 amide bonds. The highest BCUT2D eigenvalue weighted by atomic mass is 32.1. The summed E-state index contributed by atoms with van der Waals surface area (Å²) in [5.41, 5.74) is 1.19. The second kappa shape index (κ2) is 8.26.